The van der Waals surface area contributed by atoms with Crippen LogP contribution in [0.15, 0.2) is 48.5 Å². The number of hydrogen-bond donors (Lipinski definition) is 2. The molecule has 178 valence electrons. The molecule has 1 saturated carbocycles. The first-order valence-corrected chi connectivity index (χ1v) is 11.1. The molecule has 6 nitrogen and oxygen atoms in total. The lowest BCUT2D eigenvalue weighted by Crippen LogP contribution is -2.44. The van der Waals surface area contributed by atoms with Gasteiger partial charge >= 0.3 is 6.36 Å². The van der Waals surface area contributed by atoms with Gasteiger partial charge in [-0.05, 0) is 54.8 Å². The number of nitriles is 1. The molecule has 2 aromatic carbocycles. The molecule has 9 heteroatoms. The summed E-state index contributed by atoms with van der Waals surface area (Å²) < 4.78 is 43.1. The molecule has 1 amide bonds. The molecular weight excluding hydrogens is 447 g/mol. The first-order chi connectivity index (χ1) is 16.3. The van der Waals surface area contributed by atoms with E-state index in [1.165, 1.54) is 24.3 Å². The third-order valence-electron chi connectivity index (χ3n) is 6.22. The number of aromatic nitrogens is 1. The highest BCUT2D eigenvalue weighted by Gasteiger charge is 2.31. The molecule has 1 aliphatic rings. The minimum absolute atomic E-state index is 0.00176. The average Bonchev–Trinajstić information content (AvgIpc) is 3.17. The number of fused-ring (bicyclic) bond motifs is 1. The van der Waals surface area contributed by atoms with E-state index < -0.39 is 6.36 Å². The van der Waals surface area contributed by atoms with Crippen LogP contribution in [0.3, 0.4) is 0 Å². The van der Waals surface area contributed by atoms with E-state index in [1.807, 2.05) is 0 Å². The molecule has 2 atom stereocenters. The second-order valence-electron chi connectivity index (χ2n) is 8.50. The second-order valence-corrected chi connectivity index (χ2v) is 8.50. The monoisotopic (exact) mass is 471 g/mol. The van der Waals surface area contributed by atoms with Crippen LogP contribution in [0.4, 0.5) is 13.2 Å². The number of benzene rings is 2. The van der Waals surface area contributed by atoms with Gasteiger partial charge in [-0.15, -0.1) is 13.2 Å². The molecule has 0 radical (unpaired) electrons. The lowest BCUT2D eigenvalue weighted by atomic mass is 9.85. The molecule has 34 heavy (non-hydrogen) atoms. The molecule has 2 N–H and O–H groups in total. The number of carbonyl (C=O) groups excluding carboxylic acids is 1. The summed E-state index contributed by atoms with van der Waals surface area (Å²) in [4.78, 5) is 13.3. The Morgan fingerprint density at radius 1 is 1.15 bits per heavy atom. The van der Waals surface area contributed by atoms with Crippen LogP contribution in [0, 0.1) is 17.2 Å². The summed E-state index contributed by atoms with van der Waals surface area (Å²) in [5.74, 6) is -0.614. The topological polar surface area (TPSA) is 87.3 Å². The molecule has 4 rings (SSSR count). The standard InChI is InChI=1S/C25H24F3N3O3/c26-25(27,28)34-20-8-5-16(6-9-20)14-31-22-10-7-17(13-29)11-19(22)12-23(31)24(33)30-21-4-2-1-3-18(21)15-32/h5-12,18,21,32H,1-4,14-15H2,(H,30,33). The van der Waals surface area contributed by atoms with Gasteiger partial charge in [0.2, 0.25) is 0 Å². The number of nitrogens with zero attached hydrogens (tertiary/aromatic N) is 2. The zero-order valence-electron chi connectivity index (χ0n) is 18.3. The summed E-state index contributed by atoms with van der Waals surface area (Å²) in [5.41, 5.74) is 2.24. The number of nitrogens with one attached hydrogen (secondary N) is 1. The predicted molar refractivity (Wildman–Crippen MR) is 119 cm³/mol. The maximum absolute atomic E-state index is 13.3. The maximum Gasteiger partial charge on any atom is 0.573 e. The summed E-state index contributed by atoms with van der Waals surface area (Å²) in [6.07, 6.45) is -1.14. The van der Waals surface area contributed by atoms with Crippen molar-refractivity contribution in [1.29, 1.82) is 5.26 Å². The Morgan fingerprint density at radius 2 is 1.88 bits per heavy atom. The van der Waals surface area contributed by atoms with E-state index in [-0.39, 0.29) is 36.8 Å². The fourth-order valence-corrected chi connectivity index (χ4v) is 4.54. The van der Waals surface area contributed by atoms with Crippen LogP contribution in [0.1, 0.15) is 47.3 Å². The Kier molecular flexibility index (Phi) is 6.80. The third-order valence-corrected chi connectivity index (χ3v) is 6.22. The molecule has 3 aromatic rings. The first-order valence-electron chi connectivity index (χ1n) is 11.1. The average molecular weight is 471 g/mol. The van der Waals surface area contributed by atoms with Gasteiger partial charge in [0.15, 0.2) is 0 Å². The summed E-state index contributed by atoms with van der Waals surface area (Å²) >= 11 is 0. The van der Waals surface area contributed by atoms with Crippen molar-refractivity contribution in [3.63, 3.8) is 0 Å². The minimum Gasteiger partial charge on any atom is -0.406 e. The van der Waals surface area contributed by atoms with Crippen LogP contribution < -0.4 is 10.1 Å². The van der Waals surface area contributed by atoms with Crippen LogP contribution in [-0.4, -0.2) is 34.6 Å². The smallest absolute Gasteiger partial charge is 0.406 e. The highest BCUT2D eigenvalue weighted by atomic mass is 19.4. The number of alkyl halides is 3. The van der Waals surface area contributed by atoms with Gasteiger partial charge < -0.3 is 19.7 Å². The van der Waals surface area contributed by atoms with Crippen LogP contribution in [0.2, 0.25) is 0 Å². The Morgan fingerprint density at radius 3 is 2.56 bits per heavy atom. The van der Waals surface area contributed by atoms with E-state index in [0.29, 0.717) is 22.2 Å². The number of aliphatic hydroxyl groups is 1. The lowest BCUT2D eigenvalue weighted by molar-refractivity contribution is -0.274. The van der Waals surface area contributed by atoms with Crippen molar-refractivity contribution in [2.45, 2.75) is 44.6 Å². The Hall–Kier alpha value is -3.51. The molecule has 0 saturated heterocycles. The molecular formula is C25H24F3N3O3. The fraction of sp³-hybridized carbons (Fsp3) is 0.360. The molecule has 1 fully saturated rings. The predicted octanol–water partition coefficient (Wildman–Crippen LogP) is 4.74. The molecule has 1 heterocycles. The number of carbonyl (C=O) groups is 1. The van der Waals surface area contributed by atoms with Crippen molar-refractivity contribution >= 4 is 16.8 Å². The first kappa shape index (κ1) is 23.6. The van der Waals surface area contributed by atoms with Crippen LogP contribution in [-0.2, 0) is 6.54 Å². The zero-order chi connectivity index (χ0) is 24.3. The van der Waals surface area contributed by atoms with E-state index in [9.17, 15) is 28.3 Å². The maximum atomic E-state index is 13.3. The SMILES string of the molecule is N#Cc1ccc2c(c1)cc(C(=O)NC1CCCCC1CO)n2Cc1ccc(OC(F)(F)F)cc1. The normalized spacial score (nSPS) is 18.4. The molecule has 1 aromatic heterocycles. The molecule has 1 aliphatic carbocycles. The summed E-state index contributed by atoms with van der Waals surface area (Å²) in [5, 5.41) is 22.7. The Labute approximate surface area is 194 Å². The Bertz CT molecular complexity index is 1210. The highest BCUT2D eigenvalue weighted by molar-refractivity contribution is 5.99. The third kappa shape index (κ3) is 5.34. The van der Waals surface area contributed by atoms with E-state index in [2.05, 4.69) is 16.1 Å². The Balaban J connectivity index is 1.65. The van der Waals surface area contributed by atoms with Crippen molar-refractivity contribution in [2.75, 3.05) is 6.61 Å². The van der Waals surface area contributed by atoms with Crippen molar-refractivity contribution in [1.82, 2.24) is 9.88 Å². The van der Waals surface area contributed by atoms with Gasteiger partial charge in [0, 0.05) is 36.0 Å². The number of hydrogen-bond acceptors (Lipinski definition) is 4. The van der Waals surface area contributed by atoms with Gasteiger partial charge in [-0.1, -0.05) is 25.0 Å². The van der Waals surface area contributed by atoms with Gasteiger partial charge in [0.05, 0.1) is 11.6 Å². The zero-order valence-corrected chi connectivity index (χ0v) is 18.3. The van der Waals surface area contributed by atoms with Gasteiger partial charge in [-0.3, -0.25) is 4.79 Å². The van der Waals surface area contributed by atoms with Gasteiger partial charge in [-0.25, -0.2) is 0 Å². The van der Waals surface area contributed by atoms with Crippen LogP contribution in [0.5, 0.6) is 5.75 Å². The quantitative estimate of drug-likeness (QED) is 0.544. The lowest BCUT2D eigenvalue weighted by Gasteiger charge is -2.31. The molecule has 2 unspecified atom stereocenters. The van der Waals surface area contributed by atoms with E-state index in [4.69, 9.17) is 0 Å². The minimum atomic E-state index is -4.77. The number of rotatable bonds is 6. The molecule has 0 bridgehead atoms. The van der Waals surface area contributed by atoms with E-state index >= 15 is 0 Å². The van der Waals surface area contributed by atoms with E-state index in [0.717, 1.165) is 31.2 Å². The number of amides is 1. The van der Waals surface area contributed by atoms with Crippen molar-refractivity contribution in [3.8, 4) is 11.8 Å². The summed E-state index contributed by atoms with van der Waals surface area (Å²) in [6, 6.07) is 14.3. The number of aliphatic hydroxyl groups excluding tert-OH is 1. The fourth-order valence-electron chi connectivity index (χ4n) is 4.54. The van der Waals surface area contributed by atoms with Crippen LogP contribution in [0.25, 0.3) is 10.9 Å². The van der Waals surface area contributed by atoms with Crippen molar-refractivity contribution in [2.24, 2.45) is 5.92 Å². The molecule has 0 aliphatic heterocycles. The van der Waals surface area contributed by atoms with Crippen molar-refractivity contribution < 1.29 is 27.8 Å². The van der Waals surface area contributed by atoms with Gasteiger partial charge in [0.1, 0.15) is 11.4 Å². The van der Waals surface area contributed by atoms with Crippen LogP contribution >= 0.6 is 0 Å². The second kappa shape index (κ2) is 9.77. The molecule has 0 spiro atoms. The number of halogens is 3. The van der Waals surface area contributed by atoms with Crippen molar-refractivity contribution in [3.05, 3.63) is 65.4 Å². The number of ether oxygens (including phenoxy) is 1. The largest absolute Gasteiger partial charge is 0.573 e. The summed E-state index contributed by atoms with van der Waals surface area (Å²) in [6.45, 7) is 0.240. The summed E-state index contributed by atoms with van der Waals surface area (Å²) in [7, 11) is 0. The van der Waals surface area contributed by atoms with Gasteiger partial charge in [0.25, 0.3) is 5.91 Å². The highest BCUT2D eigenvalue weighted by Crippen LogP contribution is 2.27. The van der Waals surface area contributed by atoms with E-state index in [1.54, 1.807) is 28.8 Å². The van der Waals surface area contributed by atoms with Gasteiger partial charge in [-0.2, -0.15) is 5.26 Å².